The van der Waals surface area contributed by atoms with Crippen LogP contribution in [0.15, 0.2) is 4.99 Å². The first-order valence-electron chi connectivity index (χ1n) is 6.90. The predicted molar refractivity (Wildman–Crippen MR) is 98.2 cm³/mol. The van der Waals surface area contributed by atoms with Crippen LogP contribution in [0.5, 0.6) is 0 Å². The number of guanidine groups is 1. The number of carbonyl (C=O) groups excluding carboxylic acids is 1. The summed E-state index contributed by atoms with van der Waals surface area (Å²) in [5.74, 6) is 1.14. The Balaban J connectivity index is 0.00000361. The fraction of sp³-hybridized carbons (Fsp3) is 0.846. The molecule has 0 aliphatic carbocycles. The monoisotopic (exact) mass is 414 g/mol. The average Bonchev–Trinajstić information content (AvgIpc) is 2.43. The molecule has 0 radical (unpaired) electrons. The quantitative estimate of drug-likeness (QED) is 0.430. The van der Waals surface area contributed by atoms with Crippen molar-refractivity contribution in [3.05, 3.63) is 0 Å². The van der Waals surface area contributed by atoms with E-state index in [-0.39, 0.29) is 29.9 Å². The van der Waals surface area contributed by atoms with Crippen LogP contribution in [0.25, 0.3) is 0 Å². The van der Waals surface area contributed by atoms with Crippen LogP contribution in [0.1, 0.15) is 20.8 Å². The minimum atomic E-state index is 0. The van der Waals surface area contributed by atoms with Crippen LogP contribution in [0.2, 0.25) is 0 Å². The van der Waals surface area contributed by atoms with Gasteiger partial charge in [-0.05, 0) is 13.2 Å². The Kier molecular flexibility index (Phi) is 10.4. The maximum Gasteiger partial charge on any atom is 0.219 e. The number of halogens is 1. The molecule has 1 fully saturated rings. The number of rotatable bonds is 4. The Morgan fingerprint density at radius 2 is 1.85 bits per heavy atom. The first-order chi connectivity index (χ1) is 9.08. The molecular formula is C13H27IN4OS. The first-order valence-corrected chi connectivity index (χ1v) is 8.18. The lowest BCUT2D eigenvalue weighted by Gasteiger charge is -2.36. The van der Waals surface area contributed by atoms with E-state index in [1.807, 2.05) is 16.7 Å². The van der Waals surface area contributed by atoms with Crippen molar-refractivity contribution in [3.63, 3.8) is 0 Å². The highest BCUT2D eigenvalue weighted by Crippen LogP contribution is 2.07. The van der Waals surface area contributed by atoms with Crippen molar-refractivity contribution in [1.29, 1.82) is 0 Å². The summed E-state index contributed by atoms with van der Waals surface area (Å²) in [5.41, 5.74) is 0. The van der Waals surface area contributed by atoms with Crippen LogP contribution < -0.4 is 5.32 Å². The van der Waals surface area contributed by atoms with Crippen molar-refractivity contribution in [3.8, 4) is 0 Å². The van der Waals surface area contributed by atoms with E-state index in [0.717, 1.165) is 45.2 Å². The van der Waals surface area contributed by atoms with Crippen LogP contribution in [0.4, 0.5) is 0 Å². The summed E-state index contributed by atoms with van der Waals surface area (Å²) in [5, 5.41) is 3.87. The molecule has 1 saturated heterocycles. The highest BCUT2D eigenvalue weighted by molar-refractivity contribution is 14.0. The smallest absolute Gasteiger partial charge is 0.219 e. The molecule has 1 N–H and O–H groups in total. The molecule has 1 unspecified atom stereocenters. The van der Waals surface area contributed by atoms with E-state index in [1.165, 1.54) is 0 Å². The van der Waals surface area contributed by atoms with Crippen LogP contribution in [-0.4, -0.2) is 72.4 Å². The number of carbonyl (C=O) groups is 1. The van der Waals surface area contributed by atoms with Gasteiger partial charge in [0, 0.05) is 44.9 Å². The minimum absolute atomic E-state index is 0. The van der Waals surface area contributed by atoms with E-state index in [0.29, 0.717) is 5.25 Å². The predicted octanol–water partition coefficient (Wildman–Crippen LogP) is 1.49. The van der Waals surface area contributed by atoms with Gasteiger partial charge in [0.15, 0.2) is 5.96 Å². The van der Waals surface area contributed by atoms with Gasteiger partial charge in [-0.15, -0.1) is 24.0 Å². The number of hydrogen-bond acceptors (Lipinski definition) is 3. The van der Waals surface area contributed by atoms with Crippen LogP contribution in [-0.2, 0) is 4.79 Å². The largest absolute Gasteiger partial charge is 0.357 e. The van der Waals surface area contributed by atoms with Gasteiger partial charge in [0.05, 0.1) is 6.54 Å². The number of amides is 1. The van der Waals surface area contributed by atoms with Gasteiger partial charge in [-0.25, -0.2) is 0 Å². The zero-order valence-corrected chi connectivity index (χ0v) is 16.0. The highest BCUT2D eigenvalue weighted by atomic mass is 127. The number of nitrogens with zero attached hydrogens (tertiary/aromatic N) is 3. The van der Waals surface area contributed by atoms with Gasteiger partial charge in [0.1, 0.15) is 0 Å². The second-order valence-corrected chi connectivity index (χ2v) is 6.01. The van der Waals surface area contributed by atoms with Crippen molar-refractivity contribution in [2.24, 2.45) is 4.99 Å². The zero-order chi connectivity index (χ0) is 14.3. The Morgan fingerprint density at radius 1 is 1.30 bits per heavy atom. The summed E-state index contributed by atoms with van der Waals surface area (Å²) in [6.07, 6.45) is 2.11. The molecule has 0 aromatic carbocycles. The molecule has 0 saturated carbocycles. The Morgan fingerprint density at radius 3 is 2.30 bits per heavy atom. The normalized spacial score (nSPS) is 17.5. The molecule has 7 heteroatoms. The standard InChI is InChI=1S/C13H26N4OS.HI/c1-5-14-13(15-10-11(2)19-4)17-8-6-16(7-9-17)12(3)18;/h11H,5-10H2,1-4H3,(H,14,15);1H. The third kappa shape index (κ3) is 6.51. The van der Waals surface area contributed by atoms with E-state index in [2.05, 4.69) is 35.3 Å². The van der Waals surface area contributed by atoms with E-state index in [9.17, 15) is 4.79 Å². The fourth-order valence-electron chi connectivity index (χ4n) is 1.95. The van der Waals surface area contributed by atoms with E-state index in [1.54, 1.807) is 6.92 Å². The third-order valence-corrected chi connectivity index (χ3v) is 4.21. The summed E-state index contributed by atoms with van der Waals surface area (Å²) in [7, 11) is 0. The van der Waals surface area contributed by atoms with Crippen molar-refractivity contribution >= 4 is 47.6 Å². The molecule has 1 aliphatic heterocycles. The molecule has 1 heterocycles. The average molecular weight is 414 g/mol. The number of piperazine rings is 1. The van der Waals surface area contributed by atoms with Gasteiger partial charge in [-0.2, -0.15) is 11.8 Å². The van der Waals surface area contributed by atoms with E-state index >= 15 is 0 Å². The van der Waals surface area contributed by atoms with Crippen molar-refractivity contribution in [1.82, 2.24) is 15.1 Å². The van der Waals surface area contributed by atoms with Crippen LogP contribution in [0.3, 0.4) is 0 Å². The molecule has 118 valence electrons. The van der Waals surface area contributed by atoms with Crippen LogP contribution in [0, 0.1) is 0 Å². The Bertz CT molecular complexity index is 319. The zero-order valence-electron chi connectivity index (χ0n) is 12.9. The van der Waals surface area contributed by atoms with E-state index in [4.69, 9.17) is 0 Å². The van der Waals surface area contributed by atoms with Crippen molar-refractivity contribution in [2.75, 3.05) is 45.5 Å². The molecule has 1 aliphatic rings. The molecule has 1 amide bonds. The third-order valence-electron chi connectivity index (χ3n) is 3.26. The van der Waals surface area contributed by atoms with Gasteiger partial charge >= 0.3 is 0 Å². The number of nitrogens with one attached hydrogen (secondary N) is 1. The lowest BCUT2D eigenvalue weighted by molar-refractivity contribution is -0.130. The summed E-state index contributed by atoms with van der Waals surface area (Å²) in [4.78, 5) is 20.1. The van der Waals surface area contributed by atoms with Crippen molar-refractivity contribution in [2.45, 2.75) is 26.0 Å². The van der Waals surface area contributed by atoms with Gasteiger partial charge in [0.25, 0.3) is 0 Å². The lowest BCUT2D eigenvalue weighted by Crippen LogP contribution is -2.53. The molecule has 5 nitrogen and oxygen atoms in total. The van der Waals surface area contributed by atoms with Crippen LogP contribution >= 0.6 is 35.7 Å². The molecule has 0 aromatic heterocycles. The maximum atomic E-state index is 11.3. The van der Waals surface area contributed by atoms with E-state index < -0.39 is 0 Å². The molecule has 1 rings (SSSR count). The highest BCUT2D eigenvalue weighted by Gasteiger charge is 2.20. The van der Waals surface area contributed by atoms with Gasteiger partial charge in [-0.1, -0.05) is 6.92 Å². The maximum absolute atomic E-state index is 11.3. The minimum Gasteiger partial charge on any atom is -0.357 e. The fourth-order valence-corrected chi connectivity index (χ4v) is 2.17. The number of thioether (sulfide) groups is 1. The SMILES string of the molecule is CCNC(=NCC(C)SC)N1CCN(C(C)=O)CC1.I. The van der Waals surface area contributed by atoms with Gasteiger partial charge in [0.2, 0.25) is 5.91 Å². The molecular weight excluding hydrogens is 387 g/mol. The second-order valence-electron chi connectivity index (χ2n) is 4.73. The van der Waals surface area contributed by atoms with Gasteiger partial charge in [-0.3, -0.25) is 9.79 Å². The lowest BCUT2D eigenvalue weighted by atomic mass is 10.3. The molecule has 0 aromatic rings. The molecule has 0 spiro atoms. The summed E-state index contributed by atoms with van der Waals surface area (Å²) >= 11 is 1.83. The molecule has 0 bridgehead atoms. The first kappa shape index (κ1) is 19.8. The van der Waals surface area contributed by atoms with Crippen molar-refractivity contribution < 1.29 is 4.79 Å². The topological polar surface area (TPSA) is 47.9 Å². The number of aliphatic imine (C=N–C) groups is 1. The Labute approximate surface area is 144 Å². The molecule has 20 heavy (non-hydrogen) atoms. The second kappa shape index (κ2) is 10.5. The number of hydrogen-bond donors (Lipinski definition) is 1. The molecule has 1 atom stereocenters. The summed E-state index contributed by atoms with van der Waals surface area (Å²) in [6, 6.07) is 0. The summed E-state index contributed by atoms with van der Waals surface area (Å²) in [6.45, 7) is 10.9. The van der Waals surface area contributed by atoms with Gasteiger partial charge < -0.3 is 15.1 Å². The Hall–Kier alpha value is -0.180. The summed E-state index contributed by atoms with van der Waals surface area (Å²) < 4.78 is 0.